The normalized spacial score (nSPS) is 39.2. The van der Waals surface area contributed by atoms with Crippen molar-refractivity contribution >= 4 is 41.2 Å². The van der Waals surface area contributed by atoms with Crippen molar-refractivity contribution in [2.45, 2.75) is 162 Å². The van der Waals surface area contributed by atoms with Crippen molar-refractivity contribution in [3.63, 3.8) is 0 Å². The molecule has 0 unspecified atom stereocenters. The molecular weight excluding hydrogens is 747 g/mol. The van der Waals surface area contributed by atoms with Crippen LogP contribution in [0.5, 0.6) is 0 Å². The van der Waals surface area contributed by atoms with Gasteiger partial charge >= 0.3 is 6.03 Å². The highest BCUT2D eigenvalue weighted by Crippen LogP contribution is 2.74. The van der Waals surface area contributed by atoms with Crippen LogP contribution in [0.25, 0.3) is 0 Å². The first kappa shape index (κ1) is 43.0. The molecule has 4 amide bonds. The molecule has 7 rings (SSSR count). The van der Waals surface area contributed by atoms with Crippen molar-refractivity contribution in [3.8, 4) is 6.07 Å². The number of carbonyl (C=O) groups excluding carboxylic acids is 5. The topological polar surface area (TPSA) is 157 Å². The zero-order valence-corrected chi connectivity index (χ0v) is 37.1. The fourth-order valence-corrected chi connectivity index (χ4v) is 15.1. The lowest BCUT2D eigenvalue weighted by Gasteiger charge is -2.69. The number of amides is 4. The second-order valence-corrected chi connectivity index (χ2v) is 22.6. The Labute approximate surface area is 351 Å². The third-order valence-electron chi connectivity index (χ3n) is 17.1. The molecule has 0 aromatic heterocycles. The number of unbranched alkanes of at least 4 members (excludes halogenated alkanes) is 4. The molecule has 58 heavy (non-hydrogen) atoms. The molecule has 0 aromatic rings. The Hall–Kier alpha value is -3.13. The first-order valence-corrected chi connectivity index (χ1v) is 23.6. The number of urea groups is 1. The van der Waals surface area contributed by atoms with Gasteiger partial charge in [0, 0.05) is 47.3 Å². The molecule has 0 radical (unpaired) electrons. The van der Waals surface area contributed by atoms with Gasteiger partial charge in [0.1, 0.15) is 6.07 Å². The van der Waals surface area contributed by atoms with E-state index < -0.39 is 16.2 Å². The molecule has 2 saturated heterocycles. The van der Waals surface area contributed by atoms with Gasteiger partial charge < -0.3 is 21.3 Å². The molecule has 0 spiro atoms. The second kappa shape index (κ2) is 15.7. The lowest BCUT2D eigenvalue weighted by atomic mass is 9.34. The van der Waals surface area contributed by atoms with Crippen LogP contribution in [-0.4, -0.2) is 65.6 Å². The number of ketones is 2. The highest BCUT2D eigenvalue weighted by molar-refractivity contribution is 8.00. The van der Waals surface area contributed by atoms with Crippen LogP contribution in [0.15, 0.2) is 23.3 Å². The Morgan fingerprint density at radius 3 is 2.31 bits per heavy atom. The molecule has 318 valence electrons. The van der Waals surface area contributed by atoms with Gasteiger partial charge in [-0.3, -0.25) is 19.2 Å². The number of thioether (sulfide) groups is 1. The summed E-state index contributed by atoms with van der Waals surface area (Å²) in [6, 6.07) is 2.60. The van der Waals surface area contributed by atoms with E-state index in [4.69, 9.17) is 0 Å². The standard InChI is InChI=1S/C47H69N5O5S/c1-42(2)18-20-47(40(56)50-23-13-9-8-12-22-49-36(54)15-11-10-14-33-38-31(28-58-33)51-41(57)52-38)21-19-46(7)37(30(47)26-42)32(53)24-35-44(5)25-29(27-48)39(55)43(3,4)34(44)16-17-45(35,46)6/h24-25,30-31,33-34,37-38H,8-23,26,28H2,1-7H3,(H,49,54)(H,50,56)(H2,51,52,57)/t30-,31-,33-,34-,37-,38-,44-,45+,46+,47-/m0/s1. The van der Waals surface area contributed by atoms with Crippen LogP contribution >= 0.6 is 11.8 Å². The average Bonchev–Trinajstić information content (AvgIpc) is 3.72. The molecule has 4 N–H and O–H groups in total. The van der Waals surface area contributed by atoms with E-state index in [9.17, 15) is 29.2 Å². The van der Waals surface area contributed by atoms with E-state index in [1.54, 1.807) is 0 Å². The summed E-state index contributed by atoms with van der Waals surface area (Å²) in [5.74, 6) is 0.907. The highest BCUT2D eigenvalue weighted by Gasteiger charge is 2.70. The van der Waals surface area contributed by atoms with Crippen molar-refractivity contribution in [2.75, 3.05) is 18.8 Å². The molecule has 10 nitrogen and oxygen atoms in total. The lowest BCUT2D eigenvalue weighted by Crippen LogP contribution is -2.66. The maximum Gasteiger partial charge on any atom is 0.315 e. The van der Waals surface area contributed by atoms with Crippen molar-refractivity contribution in [3.05, 3.63) is 23.3 Å². The van der Waals surface area contributed by atoms with Gasteiger partial charge in [0.2, 0.25) is 11.8 Å². The minimum Gasteiger partial charge on any atom is -0.356 e. The van der Waals surface area contributed by atoms with E-state index in [2.05, 4.69) is 62.0 Å². The molecule has 11 heteroatoms. The summed E-state index contributed by atoms with van der Waals surface area (Å²) in [6.45, 7) is 16.7. The highest BCUT2D eigenvalue weighted by atomic mass is 32.2. The third kappa shape index (κ3) is 7.17. The number of nitriles is 1. The van der Waals surface area contributed by atoms with Crippen molar-refractivity contribution in [1.29, 1.82) is 5.26 Å². The number of hydrogen-bond acceptors (Lipinski definition) is 7. The Balaban J connectivity index is 0.921. The van der Waals surface area contributed by atoms with Crippen LogP contribution in [-0.2, 0) is 19.2 Å². The average molecular weight is 816 g/mol. The molecule has 0 bridgehead atoms. The van der Waals surface area contributed by atoms with Crippen molar-refractivity contribution in [1.82, 2.24) is 21.3 Å². The number of allylic oxidation sites excluding steroid dienone is 4. The predicted octanol–water partition coefficient (Wildman–Crippen LogP) is 7.72. The summed E-state index contributed by atoms with van der Waals surface area (Å²) < 4.78 is 0. The van der Waals surface area contributed by atoms with E-state index in [1.807, 2.05) is 37.8 Å². The Bertz CT molecular complexity index is 1810. The maximum absolute atomic E-state index is 14.8. The van der Waals surface area contributed by atoms with Gasteiger partial charge in [0.05, 0.1) is 23.1 Å². The van der Waals surface area contributed by atoms with E-state index in [1.165, 1.54) is 0 Å². The van der Waals surface area contributed by atoms with E-state index >= 15 is 0 Å². The molecule has 3 saturated carbocycles. The van der Waals surface area contributed by atoms with Gasteiger partial charge in [-0.2, -0.15) is 17.0 Å². The maximum atomic E-state index is 14.8. The van der Waals surface area contributed by atoms with Crippen LogP contribution < -0.4 is 21.3 Å². The lowest BCUT2D eigenvalue weighted by molar-refractivity contribution is -0.178. The molecule has 10 atom stereocenters. The summed E-state index contributed by atoms with van der Waals surface area (Å²) in [5, 5.41) is 22.9. The molecule has 2 aliphatic heterocycles. The van der Waals surface area contributed by atoms with E-state index in [-0.39, 0.29) is 81.1 Å². The quantitative estimate of drug-likeness (QED) is 0.110. The second-order valence-electron chi connectivity index (χ2n) is 21.3. The van der Waals surface area contributed by atoms with Gasteiger partial charge in [-0.05, 0) is 105 Å². The predicted molar refractivity (Wildman–Crippen MR) is 227 cm³/mol. The summed E-state index contributed by atoms with van der Waals surface area (Å²) >= 11 is 1.91. The summed E-state index contributed by atoms with van der Waals surface area (Å²) in [5.41, 5.74) is -1.16. The summed E-state index contributed by atoms with van der Waals surface area (Å²) in [4.78, 5) is 66.8. The molecule has 7 aliphatic rings. The number of fused-ring (bicyclic) bond motifs is 8. The van der Waals surface area contributed by atoms with Crippen LogP contribution in [0.4, 0.5) is 4.79 Å². The number of hydrogen-bond donors (Lipinski definition) is 4. The smallest absolute Gasteiger partial charge is 0.315 e. The van der Waals surface area contributed by atoms with Gasteiger partial charge in [-0.1, -0.05) is 79.4 Å². The van der Waals surface area contributed by atoms with Gasteiger partial charge in [-0.25, -0.2) is 4.79 Å². The fraction of sp³-hybridized carbons (Fsp3) is 0.787. The number of nitrogens with one attached hydrogen (secondary N) is 4. The van der Waals surface area contributed by atoms with Crippen LogP contribution in [0.1, 0.15) is 145 Å². The first-order valence-electron chi connectivity index (χ1n) is 22.5. The minimum atomic E-state index is -0.698. The Kier molecular flexibility index (Phi) is 11.6. The largest absolute Gasteiger partial charge is 0.356 e. The first-order chi connectivity index (χ1) is 27.3. The zero-order chi connectivity index (χ0) is 41.9. The van der Waals surface area contributed by atoms with Gasteiger partial charge in [0.15, 0.2) is 11.6 Å². The fourth-order valence-electron chi connectivity index (χ4n) is 13.6. The van der Waals surface area contributed by atoms with Gasteiger partial charge in [-0.15, -0.1) is 0 Å². The Morgan fingerprint density at radius 1 is 0.879 bits per heavy atom. The molecular formula is C47H69N5O5S. The number of Topliss-reactive ketones (excluding diaryl/α,β-unsaturated/α-hetero) is 1. The van der Waals surface area contributed by atoms with E-state index in [0.29, 0.717) is 24.8 Å². The van der Waals surface area contributed by atoms with E-state index in [0.717, 1.165) is 101 Å². The third-order valence-corrected chi connectivity index (χ3v) is 18.6. The minimum absolute atomic E-state index is 0.00517. The monoisotopic (exact) mass is 816 g/mol. The summed E-state index contributed by atoms with van der Waals surface area (Å²) in [7, 11) is 0. The van der Waals surface area contributed by atoms with Crippen LogP contribution in [0.2, 0.25) is 0 Å². The molecule has 2 heterocycles. The number of nitrogens with zero attached hydrogens (tertiary/aromatic N) is 1. The number of rotatable bonds is 13. The van der Waals surface area contributed by atoms with Crippen molar-refractivity contribution < 1.29 is 24.0 Å². The Morgan fingerprint density at radius 2 is 1.59 bits per heavy atom. The van der Waals surface area contributed by atoms with Gasteiger partial charge in [0.25, 0.3) is 0 Å². The molecule has 0 aromatic carbocycles. The van der Waals surface area contributed by atoms with Crippen LogP contribution in [0.3, 0.4) is 0 Å². The molecule has 5 aliphatic carbocycles. The molecule has 5 fully saturated rings. The summed E-state index contributed by atoms with van der Waals surface area (Å²) in [6.07, 6.45) is 16.8. The number of carbonyl (C=O) groups is 5. The van der Waals surface area contributed by atoms with Crippen molar-refractivity contribution in [2.24, 2.45) is 50.2 Å². The zero-order valence-electron chi connectivity index (χ0n) is 36.2. The SMILES string of the molecule is CC1(C)CC[C@]2(C(=O)NCCCCCCNC(=O)CCCC[C@@H]3SC[C@@H]4NC(=O)N[C@@H]43)CC[C@]3(C)[C@H](C(=O)C=C4[C@@]5(C)C=C(C#N)C(=O)C(C)(C)[C@@H]5CC[C@]43C)[C@@H]2C1. The van der Waals surface area contributed by atoms with Crippen LogP contribution in [0, 0.1) is 61.6 Å².